The number of nitrogens with one attached hydrogen (secondary N) is 1. The van der Waals surface area contributed by atoms with Gasteiger partial charge in [0.1, 0.15) is 0 Å². The maximum atomic E-state index is 12.2. The fourth-order valence-corrected chi connectivity index (χ4v) is 3.49. The number of carbonyl (C=O) groups is 1. The Morgan fingerprint density at radius 2 is 1.71 bits per heavy atom. The van der Waals surface area contributed by atoms with Crippen LogP contribution in [0.25, 0.3) is 0 Å². The molecule has 1 aromatic carbocycles. The summed E-state index contributed by atoms with van der Waals surface area (Å²) in [4.78, 5) is 11.3. The van der Waals surface area contributed by atoms with Crippen LogP contribution in [0.15, 0.2) is 23.1 Å². The van der Waals surface area contributed by atoms with Crippen LogP contribution < -0.4 is 4.72 Å². The third-order valence-electron chi connectivity index (χ3n) is 3.13. The van der Waals surface area contributed by atoms with Crippen LogP contribution in [0.5, 0.6) is 0 Å². The second kappa shape index (κ2) is 7.04. The van der Waals surface area contributed by atoms with Gasteiger partial charge in [0.25, 0.3) is 0 Å². The molecule has 2 N–H and O–H groups in total. The molecule has 1 rings (SSSR count). The molecule has 0 radical (unpaired) electrons. The van der Waals surface area contributed by atoms with E-state index in [0.29, 0.717) is 6.42 Å². The average Bonchev–Trinajstić information content (AvgIpc) is 2.32. The third-order valence-corrected chi connectivity index (χ3v) is 4.53. The molecule has 0 aliphatic carbocycles. The van der Waals surface area contributed by atoms with Crippen LogP contribution in [0.4, 0.5) is 0 Å². The first kappa shape index (κ1) is 17.7. The van der Waals surface area contributed by atoms with Crippen molar-refractivity contribution in [1.82, 2.24) is 4.72 Å². The fourth-order valence-electron chi connectivity index (χ4n) is 2.22. The van der Waals surface area contributed by atoms with E-state index in [1.165, 1.54) is 0 Å². The number of sulfonamides is 1. The van der Waals surface area contributed by atoms with Gasteiger partial charge in [-0.25, -0.2) is 13.1 Å². The first-order chi connectivity index (χ1) is 9.61. The molecule has 0 aliphatic heterocycles. The number of carboxylic acids is 1. The molecule has 0 amide bonds. The Morgan fingerprint density at radius 3 is 2.14 bits per heavy atom. The van der Waals surface area contributed by atoms with Crippen LogP contribution in [-0.4, -0.2) is 26.0 Å². The van der Waals surface area contributed by atoms with Gasteiger partial charge in [0.2, 0.25) is 10.0 Å². The molecule has 1 aromatic rings. The molecule has 0 aliphatic rings. The van der Waals surface area contributed by atoms with E-state index < -0.39 is 21.9 Å². The number of rotatable bonds is 7. The number of hydrogen-bond donors (Lipinski definition) is 2. The van der Waals surface area contributed by atoms with Gasteiger partial charge in [0.05, 0.1) is 10.8 Å². The molecule has 0 saturated carbocycles. The van der Waals surface area contributed by atoms with Gasteiger partial charge in [0.15, 0.2) is 0 Å². The number of benzene rings is 1. The normalized spacial score (nSPS) is 13.4. The van der Waals surface area contributed by atoms with Crippen LogP contribution >= 0.6 is 0 Å². The molecule has 0 spiro atoms. The molecule has 0 heterocycles. The Labute approximate surface area is 126 Å². The maximum Gasteiger partial charge on any atom is 0.307 e. The van der Waals surface area contributed by atoms with Crippen LogP contribution in [-0.2, 0) is 14.8 Å². The number of carboxylic acid groups (broad SMARTS) is 1. The monoisotopic (exact) mass is 313 g/mol. The zero-order valence-electron chi connectivity index (χ0n) is 12.9. The Hall–Kier alpha value is -1.40. The van der Waals surface area contributed by atoms with Gasteiger partial charge >= 0.3 is 5.97 Å². The molecular weight excluding hydrogens is 290 g/mol. The molecule has 1 unspecified atom stereocenters. The molecule has 1 atom stereocenters. The average molecular weight is 313 g/mol. The highest BCUT2D eigenvalue weighted by molar-refractivity contribution is 7.89. The maximum absolute atomic E-state index is 12.2. The van der Waals surface area contributed by atoms with Crippen molar-refractivity contribution in [1.29, 1.82) is 0 Å². The van der Waals surface area contributed by atoms with E-state index in [1.54, 1.807) is 12.1 Å². The first-order valence-corrected chi connectivity index (χ1v) is 8.41. The minimum absolute atomic E-state index is 0.0944. The van der Waals surface area contributed by atoms with Crippen molar-refractivity contribution in [3.8, 4) is 0 Å². The van der Waals surface area contributed by atoms with Gasteiger partial charge in [-0.15, -0.1) is 0 Å². The summed E-state index contributed by atoms with van der Waals surface area (Å²) in [6.45, 7) is 7.38. The molecule has 6 heteroatoms. The lowest BCUT2D eigenvalue weighted by Crippen LogP contribution is -2.33. The van der Waals surface area contributed by atoms with E-state index in [0.717, 1.165) is 11.1 Å². The Morgan fingerprint density at radius 1 is 1.19 bits per heavy atom. The SMILES string of the molecule is Cc1cc(C)cc(S(=O)(=O)NCC(CC(C)C)C(=O)O)c1. The van der Waals surface area contributed by atoms with Gasteiger partial charge in [-0.1, -0.05) is 19.9 Å². The quantitative estimate of drug-likeness (QED) is 0.809. The molecule has 21 heavy (non-hydrogen) atoms. The van der Waals surface area contributed by atoms with Crippen molar-refractivity contribution >= 4 is 16.0 Å². The Balaban J connectivity index is 2.87. The van der Waals surface area contributed by atoms with E-state index >= 15 is 0 Å². The largest absolute Gasteiger partial charge is 0.481 e. The summed E-state index contributed by atoms with van der Waals surface area (Å²) in [5.74, 6) is -1.51. The highest BCUT2D eigenvalue weighted by Crippen LogP contribution is 2.16. The molecular formula is C15H23NO4S. The summed E-state index contributed by atoms with van der Waals surface area (Å²) in [6.07, 6.45) is 0.435. The first-order valence-electron chi connectivity index (χ1n) is 6.92. The third kappa shape index (κ3) is 5.47. The van der Waals surface area contributed by atoms with Gasteiger partial charge in [0, 0.05) is 6.54 Å². The molecule has 0 saturated heterocycles. The number of aliphatic carboxylic acids is 1. The van der Waals surface area contributed by atoms with Crippen molar-refractivity contribution in [3.05, 3.63) is 29.3 Å². The van der Waals surface area contributed by atoms with Gasteiger partial charge < -0.3 is 5.11 Å². The van der Waals surface area contributed by atoms with Crippen LogP contribution in [0.2, 0.25) is 0 Å². The van der Waals surface area contributed by atoms with Crippen molar-refractivity contribution < 1.29 is 18.3 Å². The summed E-state index contributed by atoms with van der Waals surface area (Å²) in [5, 5.41) is 9.14. The molecule has 118 valence electrons. The number of hydrogen-bond acceptors (Lipinski definition) is 3. The summed E-state index contributed by atoms with van der Waals surface area (Å²) in [6, 6.07) is 5.04. The fraction of sp³-hybridized carbons (Fsp3) is 0.533. The Kier molecular flexibility index (Phi) is 5.92. The predicted molar refractivity (Wildman–Crippen MR) is 81.7 cm³/mol. The zero-order valence-corrected chi connectivity index (χ0v) is 13.7. The minimum atomic E-state index is -3.68. The van der Waals surface area contributed by atoms with Crippen molar-refractivity contribution in [2.45, 2.75) is 39.0 Å². The van der Waals surface area contributed by atoms with E-state index in [-0.39, 0.29) is 17.4 Å². The van der Waals surface area contributed by atoms with E-state index in [1.807, 2.05) is 33.8 Å². The smallest absolute Gasteiger partial charge is 0.307 e. The summed E-state index contributed by atoms with van der Waals surface area (Å²) in [5.41, 5.74) is 1.71. The second-order valence-electron chi connectivity index (χ2n) is 5.84. The standard InChI is InChI=1S/C15H23NO4S/c1-10(2)5-13(15(17)18)9-16-21(19,20)14-7-11(3)6-12(4)8-14/h6-8,10,13,16H,5,9H2,1-4H3,(H,17,18). The molecule has 0 aromatic heterocycles. The number of aryl methyl sites for hydroxylation is 2. The predicted octanol–water partition coefficient (Wildman–Crippen LogP) is 2.33. The minimum Gasteiger partial charge on any atom is -0.481 e. The van der Waals surface area contributed by atoms with Crippen molar-refractivity contribution in [2.24, 2.45) is 11.8 Å². The van der Waals surface area contributed by atoms with E-state index in [2.05, 4.69) is 4.72 Å². The van der Waals surface area contributed by atoms with Gasteiger partial charge in [-0.05, 0) is 49.4 Å². The highest BCUT2D eigenvalue weighted by atomic mass is 32.2. The van der Waals surface area contributed by atoms with Gasteiger partial charge in [-0.3, -0.25) is 4.79 Å². The Bertz CT molecular complexity index is 588. The van der Waals surface area contributed by atoms with Gasteiger partial charge in [-0.2, -0.15) is 0 Å². The topological polar surface area (TPSA) is 83.5 Å². The zero-order chi connectivity index (χ0) is 16.2. The highest BCUT2D eigenvalue weighted by Gasteiger charge is 2.22. The van der Waals surface area contributed by atoms with Crippen molar-refractivity contribution in [3.63, 3.8) is 0 Å². The molecule has 0 bridgehead atoms. The summed E-state index contributed by atoms with van der Waals surface area (Å²) in [7, 11) is -3.68. The van der Waals surface area contributed by atoms with E-state index in [9.17, 15) is 13.2 Å². The molecule has 5 nitrogen and oxygen atoms in total. The molecule has 0 fully saturated rings. The van der Waals surface area contributed by atoms with Crippen LogP contribution in [0.3, 0.4) is 0 Å². The second-order valence-corrected chi connectivity index (χ2v) is 7.61. The lowest BCUT2D eigenvalue weighted by atomic mass is 9.98. The summed E-state index contributed by atoms with van der Waals surface area (Å²) < 4.78 is 26.9. The van der Waals surface area contributed by atoms with Crippen LogP contribution in [0, 0.1) is 25.7 Å². The van der Waals surface area contributed by atoms with Crippen LogP contribution in [0.1, 0.15) is 31.4 Å². The lowest BCUT2D eigenvalue weighted by Gasteiger charge is -2.16. The van der Waals surface area contributed by atoms with Crippen molar-refractivity contribution in [2.75, 3.05) is 6.54 Å². The summed E-state index contributed by atoms with van der Waals surface area (Å²) >= 11 is 0. The van der Waals surface area contributed by atoms with E-state index in [4.69, 9.17) is 5.11 Å². The lowest BCUT2D eigenvalue weighted by molar-refractivity contribution is -0.142.